The summed E-state index contributed by atoms with van der Waals surface area (Å²) in [5, 5.41) is 16.1. The minimum absolute atomic E-state index is 0.0459. The van der Waals surface area contributed by atoms with Crippen molar-refractivity contribution in [3.05, 3.63) is 0 Å². The van der Waals surface area contributed by atoms with Crippen LogP contribution < -0.4 is 33.2 Å². The Morgan fingerprint density at radius 3 is 1.93 bits per heavy atom. The zero-order valence-electron chi connectivity index (χ0n) is 17.3. The lowest BCUT2D eigenvalue weighted by Gasteiger charge is -2.25. The van der Waals surface area contributed by atoms with Crippen molar-refractivity contribution in [2.75, 3.05) is 6.54 Å². The van der Waals surface area contributed by atoms with E-state index in [1.54, 1.807) is 13.8 Å². The summed E-state index contributed by atoms with van der Waals surface area (Å²) < 4.78 is 0. The number of hydrogen-bond donors (Lipinski definition) is 7. The molecule has 29 heavy (non-hydrogen) atoms. The molecule has 0 aromatic rings. The van der Waals surface area contributed by atoms with Crippen molar-refractivity contribution < 1.29 is 24.3 Å². The third kappa shape index (κ3) is 10.3. The first kappa shape index (κ1) is 26.1. The summed E-state index contributed by atoms with van der Waals surface area (Å²) >= 11 is 0. The molecule has 0 heterocycles. The molecule has 0 saturated carbocycles. The molecule has 0 aromatic heterocycles. The average molecular weight is 415 g/mol. The zero-order chi connectivity index (χ0) is 22.7. The quantitative estimate of drug-likeness (QED) is 0.103. The molecule has 0 bridgehead atoms. The summed E-state index contributed by atoms with van der Waals surface area (Å²) in [7, 11) is 0. The molecule has 0 fully saturated rings. The molecule has 10 N–H and O–H groups in total. The number of nitrogens with one attached hydrogen (secondary N) is 3. The number of aliphatic imine (C=N–C) groups is 1. The third-order valence-electron chi connectivity index (χ3n) is 4.03. The van der Waals surface area contributed by atoms with Gasteiger partial charge in [-0.2, -0.15) is 0 Å². The van der Waals surface area contributed by atoms with Gasteiger partial charge in [-0.3, -0.25) is 24.2 Å². The smallest absolute Gasteiger partial charge is 0.325 e. The predicted octanol–water partition coefficient (Wildman–Crippen LogP) is -2.40. The monoisotopic (exact) mass is 415 g/mol. The lowest BCUT2D eigenvalue weighted by Crippen LogP contribution is -2.57. The Kier molecular flexibility index (Phi) is 11.3. The minimum Gasteiger partial charge on any atom is -0.480 e. The first-order valence-electron chi connectivity index (χ1n) is 9.31. The van der Waals surface area contributed by atoms with Gasteiger partial charge in [0.25, 0.3) is 0 Å². The van der Waals surface area contributed by atoms with Gasteiger partial charge in [-0.25, -0.2) is 0 Å². The van der Waals surface area contributed by atoms with Gasteiger partial charge in [-0.15, -0.1) is 0 Å². The molecule has 4 unspecified atom stereocenters. The molecular weight excluding hydrogens is 382 g/mol. The molecular formula is C17H33N7O5. The van der Waals surface area contributed by atoms with E-state index in [1.165, 1.54) is 13.8 Å². The summed E-state index contributed by atoms with van der Waals surface area (Å²) in [6.45, 7) is 6.51. The molecule has 0 saturated heterocycles. The molecule has 0 rings (SSSR count). The van der Waals surface area contributed by atoms with Crippen molar-refractivity contribution in [1.29, 1.82) is 0 Å². The third-order valence-corrected chi connectivity index (χ3v) is 4.03. The van der Waals surface area contributed by atoms with E-state index in [1.807, 2.05) is 0 Å². The summed E-state index contributed by atoms with van der Waals surface area (Å²) in [6, 6.07) is -3.86. The molecule has 3 amide bonds. The van der Waals surface area contributed by atoms with Gasteiger partial charge in [0.2, 0.25) is 17.7 Å². The number of hydrogen-bond acceptors (Lipinski definition) is 6. The van der Waals surface area contributed by atoms with Gasteiger partial charge in [-0.1, -0.05) is 13.8 Å². The Hall–Kier alpha value is -2.89. The molecule has 0 aliphatic rings. The molecule has 0 spiro atoms. The number of aliphatic carboxylic acids is 1. The maximum absolute atomic E-state index is 12.5. The Labute approximate surface area is 170 Å². The first-order chi connectivity index (χ1) is 13.4. The van der Waals surface area contributed by atoms with Crippen LogP contribution in [0.5, 0.6) is 0 Å². The highest BCUT2D eigenvalue weighted by Gasteiger charge is 2.29. The van der Waals surface area contributed by atoms with E-state index in [-0.39, 0.29) is 11.9 Å². The molecule has 0 aliphatic heterocycles. The Balaban J connectivity index is 4.76. The number of guanidine groups is 1. The number of carboxylic acids is 1. The van der Waals surface area contributed by atoms with Gasteiger partial charge in [0.05, 0.1) is 6.04 Å². The minimum atomic E-state index is -1.20. The van der Waals surface area contributed by atoms with Crippen molar-refractivity contribution in [2.45, 2.75) is 64.7 Å². The normalized spacial score (nSPS) is 14.8. The van der Waals surface area contributed by atoms with Gasteiger partial charge in [0.15, 0.2) is 5.96 Å². The van der Waals surface area contributed by atoms with Crippen LogP contribution >= 0.6 is 0 Å². The number of carbonyl (C=O) groups excluding carboxylic acids is 3. The Morgan fingerprint density at radius 2 is 1.45 bits per heavy atom. The maximum Gasteiger partial charge on any atom is 0.325 e. The van der Waals surface area contributed by atoms with Crippen LogP contribution in [-0.4, -0.2) is 65.5 Å². The highest BCUT2D eigenvalue weighted by Crippen LogP contribution is 2.05. The van der Waals surface area contributed by atoms with Gasteiger partial charge in [-0.05, 0) is 32.6 Å². The number of amides is 3. The summed E-state index contributed by atoms with van der Waals surface area (Å²) in [4.78, 5) is 51.4. The predicted molar refractivity (Wildman–Crippen MR) is 108 cm³/mol. The average Bonchev–Trinajstić information content (AvgIpc) is 2.61. The van der Waals surface area contributed by atoms with E-state index in [4.69, 9.17) is 22.3 Å². The van der Waals surface area contributed by atoms with Gasteiger partial charge < -0.3 is 38.3 Å². The number of carbonyl (C=O) groups is 4. The second-order valence-corrected chi connectivity index (χ2v) is 7.08. The SMILES string of the molecule is CC(NC(=O)C(C)NC(=O)C(NC(=O)C(N)CCCN=C(N)N)C(C)C)C(=O)O. The molecule has 0 aliphatic carbocycles. The van der Waals surface area contributed by atoms with Crippen LogP contribution in [0.4, 0.5) is 0 Å². The van der Waals surface area contributed by atoms with Crippen LogP contribution in [0.1, 0.15) is 40.5 Å². The van der Waals surface area contributed by atoms with Gasteiger partial charge in [0, 0.05) is 6.54 Å². The van der Waals surface area contributed by atoms with Crippen LogP contribution in [0.2, 0.25) is 0 Å². The van der Waals surface area contributed by atoms with Crippen molar-refractivity contribution >= 4 is 29.7 Å². The second kappa shape index (κ2) is 12.5. The van der Waals surface area contributed by atoms with Crippen LogP contribution in [0.15, 0.2) is 4.99 Å². The molecule has 12 nitrogen and oxygen atoms in total. The number of rotatable bonds is 12. The van der Waals surface area contributed by atoms with E-state index < -0.39 is 47.9 Å². The fraction of sp³-hybridized carbons (Fsp3) is 0.706. The lowest BCUT2D eigenvalue weighted by atomic mass is 10.0. The lowest BCUT2D eigenvalue weighted by molar-refractivity contribution is -0.141. The van der Waals surface area contributed by atoms with Gasteiger partial charge >= 0.3 is 5.97 Å². The zero-order valence-corrected chi connectivity index (χ0v) is 17.3. The maximum atomic E-state index is 12.5. The fourth-order valence-corrected chi connectivity index (χ4v) is 2.21. The molecule has 0 radical (unpaired) electrons. The van der Waals surface area contributed by atoms with Crippen LogP contribution in [0.25, 0.3) is 0 Å². The number of carboxylic acid groups (broad SMARTS) is 1. The topological polar surface area (TPSA) is 215 Å². The second-order valence-electron chi connectivity index (χ2n) is 7.08. The standard InChI is InChI=1S/C17H33N7O5/c1-8(2)12(24-14(26)11(18)6-5-7-21-17(19)20)15(27)22-9(3)13(25)23-10(4)16(28)29/h8-12H,5-7,18H2,1-4H3,(H,22,27)(H,23,25)(H,24,26)(H,28,29)(H4,19,20,21). The van der Waals surface area contributed by atoms with Crippen molar-refractivity contribution in [1.82, 2.24) is 16.0 Å². The van der Waals surface area contributed by atoms with Crippen molar-refractivity contribution in [3.8, 4) is 0 Å². The Bertz CT molecular complexity index is 619. The highest BCUT2D eigenvalue weighted by molar-refractivity contribution is 5.93. The molecule has 12 heteroatoms. The summed E-state index contributed by atoms with van der Waals surface area (Å²) in [5.41, 5.74) is 16.3. The number of nitrogens with zero attached hydrogens (tertiary/aromatic N) is 1. The van der Waals surface area contributed by atoms with E-state index in [0.717, 1.165) is 0 Å². The summed E-state index contributed by atoms with van der Waals surface area (Å²) in [5.74, 6) is -3.26. The van der Waals surface area contributed by atoms with Crippen LogP contribution in [0, 0.1) is 5.92 Å². The first-order valence-corrected chi connectivity index (χ1v) is 9.31. The van der Waals surface area contributed by atoms with Gasteiger partial charge in [0.1, 0.15) is 18.1 Å². The van der Waals surface area contributed by atoms with E-state index >= 15 is 0 Å². The molecule has 4 atom stereocenters. The van der Waals surface area contributed by atoms with E-state index in [2.05, 4.69) is 20.9 Å². The van der Waals surface area contributed by atoms with Crippen molar-refractivity contribution in [3.63, 3.8) is 0 Å². The van der Waals surface area contributed by atoms with Crippen LogP contribution in [0.3, 0.4) is 0 Å². The summed E-state index contributed by atoms with van der Waals surface area (Å²) in [6.07, 6.45) is 0.810. The fourth-order valence-electron chi connectivity index (χ4n) is 2.21. The highest BCUT2D eigenvalue weighted by atomic mass is 16.4. The van der Waals surface area contributed by atoms with E-state index in [9.17, 15) is 19.2 Å². The van der Waals surface area contributed by atoms with E-state index in [0.29, 0.717) is 19.4 Å². The van der Waals surface area contributed by atoms with Crippen LogP contribution in [-0.2, 0) is 19.2 Å². The largest absolute Gasteiger partial charge is 0.480 e. The Morgan fingerprint density at radius 1 is 0.897 bits per heavy atom. The molecule has 0 aromatic carbocycles. The van der Waals surface area contributed by atoms with Crippen molar-refractivity contribution in [2.24, 2.45) is 28.1 Å². The molecule has 166 valence electrons. The number of nitrogens with two attached hydrogens (primary N) is 3.